The highest BCUT2D eigenvalue weighted by atomic mass is 15.3. The molecule has 0 saturated carbocycles. The number of benzene rings is 1. The van der Waals surface area contributed by atoms with Crippen LogP contribution in [0.1, 0.15) is 17.2 Å². The topological polar surface area (TPSA) is 67.7 Å². The number of aromatic nitrogens is 4. The van der Waals surface area contributed by atoms with Crippen LogP contribution >= 0.6 is 0 Å². The minimum absolute atomic E-state index is 0.723. The number of nitrogens with one attached hydrogen (secondary N) is 2. The fraction of sp³-hybridized carbons (Fsp3) is 0.278. The number of rotatable bonds is 5. The molecule has 0 saturated heterocycles. The summed E-state index contributed by atoms with van der Waals surface area (Å²) in [5, 5.41) is 15.3. The zero-order chi connectivity index (χ0) is 16.2. The first-order valence-corrected chi connectivity index (χ1v) is 8.23. The van der Waals surface area contributed by atoms with Gasteiger partial charge < -0.3 is 15.2 Å². The molecule has 122 valence electrons. The van der Waals surface area contributed by atoms with E-state index in [4.69, 9.17) is 0 Å². The van der Waals surface area contributed by atoms with Crippen LogP contribution in [0.2, 0.25) is 0 Å². The second-order valence-corrected chi connectivity index (χ2v) is 5.88. The van der Waals surface area contributed by atoms with Crippen molar-refractivity contribution in [1.82, 2.24) is 30.4 Å². The van der Waals surface area contributed by atoms with E-state index in [-0.39, 0.29) is 0 Å². The van der Waals surface area contributed by atoms with Gasteiger partial charge in [0.25, 0.3) is 0 Å². The SMILES string of the molecule is c1ccc(-c2cccc(CNCc3nnc4n3CCNC4)c2)nc1. The van der Waals surface area contributed by atoms with Crippen molar-refractivity contribution in [3.8, 4) is 11.3 Å². The fourth-order valence-corrected chi connectivity index (χ4v) is 2.98. The molecule has 24 heavy (non-hydrogen) atoms. The van der Waals surface area contributed by atoms with Crippen LogP contribution < -0.4 is 10.6 Å². The number of fused-ring (bicyclic) bond motifs is 1. The molecule has 0 bridgehead atoms. The molecule has 0 unspecified atom stereocenters. The van der Waals surface area contributed by atoms with Crippen molar-refractivity contribution in [2.45, 2.75) is 26.2 Å². The molecule has 0 fully saturated rings. The molecule has 0 radical (unpaired) electrons. The van der Waals surface area contributed by atoms with Gasteiger partial charge in [-0.2, -0.15) is 0 Å². The third-order valence-corrected chi connectivity index (χ3v) is 4.20. The van der Waals surface area contributed by atoms with Crippen molar-refractivity contribution in [2.75, 3.05) is 6.54 Å². The first kappa shape index (κ1) is 15.0. The summed E-state index contributed by atoms with van der Waals surface area (Å²) < 4.78 is 2.20. The van der Waals surface area contributed by atoms with Crippen molar-refractivity contribution in [2.24, 2.45) is 0 Å². The quantitative estimate of drug-likeness (QED) is 0.749. The average molecular weight is 320 g/mol. The predicted octanol–water partition coefficient (Wildman–Crippen LogP) is 1.73. The molecule has 1 aliphatic heterocycles. The van der Waals surface area contributed by atoms with Crippen LogP contribution in [-0.2, 0) is 26.2 Å². The average Bonchev–Trinajstić information content (AvgIpc) is 3.06. The number of nitrogens with zero attached hydrogens (tertiary/aromatic N) is 4. The first-order valence-electron chi connectivity index (χ1n) is 8.23. The van der Waals surface area contributed by atoms with Gasteiger partial charge in [0, 0.05) is 31.4 Å². The van der Waals surface area contributed by atoms with Crippen molar-refractivity contribution in [1.29, 1.82) is 0 Å². The maximum Gasteiger partial charge on any atom is 0.147 e. The Kier molecular flexibility index (Phi) is 4.31. The normalized spacial score (nSPS) is 13.7. The number of hydrogen-bond donors (Lipinski definition) is 2. The Morgan fingerprint density at radius 2 is 2.08 bits per heavy atom. The zero-order valence-corrected chi connectivity index (χ0v) is 13.4. The molecular weight excluding hydrogens is 300 g/mol. The monoisotopic (exact) mass is 320 g/mol. The van der Waals surface area contributed by atoms with Crippen LogP contribution in [0.15, 0.2) is 48.7 Å². The maximum absolute atomic E-state index is 4.41. The summed E-state index contributed by atoms with van der Waals surface area (Å²) in [6.07, 6.45) is 1.82. The Balaban J connectivity index is 1.41. The van der Waals surface area contributed by atoms with Gasteiger partial charge in [-0.25, -0.2) is 0 Å². The molecule has 0 aliphatic carbocycles. The molecular formula is C18H20N6. The molecule has 0 amide bonds. The molecule has 6 nitrogen and oxygen atoms in total. The van der Waals surface area contributed by atoms with Crippen LogP contribution in [0, 0.1) is 0 Å². The third-order valence-electron chi connectivity index (χ3n) is 4.20. The van der Waals surface area contributed by atoms with Gasteiger partial charge in [-0.3, -0.25) is 4.98 Å². The number of pyridine rings is 1. The predicted molar refractivity (Wildman–Crippen MR) is 91.9 cm³/mol. The van der Waals surface area contributed by atoms with Gasteiger partial charge in [-0.05, 0) is 23.8 Å². The van der Waals surface area contributed by atoms with Crippen molar-refractivity contribution in [3.05, 3.63) is 65.9 Å². The lowest BCUT2D eigenvalue weighted by Crippen LogP contribution is -2.30. The van der Waals surface area contributed by atoms with E-state index in [0.29, 0.717) is 0 Å². The van der Waals surface area contributed by atoms with E-state index in [1.165, 1.54) is 5.56 Å². The molecule has 2 N–H and O–H groups in total. The number of hydrogen-bond acceptors (Lipinski definition) is 5. The summed E-state index contributed by atoms with van der Waals surface area (Å²) in [7, 11) is 0. The van der Waals surface area contributed by atoms with E-state index < -0.39 is 0 Å². The van der Waals surface area contributed by atoms with Crippen LogP contribution in [0.3, 0.4) is 0 Å². The molecule has 1 aliphatic rings. The summed E-state index contributed by atoms with van der Waals surface area (Å²) >= 11 is 0. The van der Waals surface area contributed by atoms with Gasteiger partial charge in [0.15, 0.2) is 0 Å². The van der Waals surface area contributed by atoms with Crippen LogP contribution in [-0.4, -0.2) is 26.3 Å². The van der Waals surface area contributed by atoms with Crippen molar-refractivity contribution in [3.63, 3.8) is 0 Å². The Hall–Kier alpha value is -2.57. The third kappa shape index (κ3) is 3.20. The van der Waals surface area contributed by atoms with E-state index in [2.05, 4.69) is 54.6 Å². The Bertz CT molecular complexity index is 811. The molecule has 0 atom stereocenters. The highest BCUT2D eigenvalue weighted by Gasteiger charge is 2.14. The van der Waals surface area contributed by atoms with Gasteiger partial charge in [0.05, 0.1) is 18.8 Å². The Morgan fingerprint density at radius 1 is 1.08 bits per heavy atom. The highest BCUT2D eigenvalue weighted by molar-refractivity contribution is 5.59. The molecule has 6 heteroatoms. The minimum atomic E-state index is 0.723. The van der Waals surface area contributed by atoms with Gasteiger partial charge in [-0.15, -0.1) is 10.2 Å². The molecule has 4 rings (SSSR count). The van der Waals surface area contributed by atoms with E-state index in [9.17, 15) is 0 Å². The molecule has 1 aromatic carbocycles. The fourth-order valence-electron chi connectivity index (χ4n) is 2.98. The van der Waals surface area contributed by atoms with Crippen LogP contribution in [0.4, 0.5) is 0 Å². The summed E-state index contributed by atoms with van der Waals surface area (Å²) in [6, 6.07) is 14.4. The summed E-state index contributed by atoms with van der Waals surface area (Å²) in [5.41, 5.74) is 3.37. The van der Waals surface area contributed by atoms with E-state index >= 15 is 0 Å². The summed E-state index contributed by atoms with van der Waals surface area (Å²) in [4.78, 5) is 4.41. The van der Waals surface area contributed by atoms with E-state index in [1.807, 2.05) is 24.4 Å². The lowest BCUT2D eigenvalue weighted by atomic mass is 10.1. The smallest absolute Gasteiger partial charge is 0.147 e. The van der Waals surface area contributed by atoms with Gasteiger partial charge in [0.2, 0.25) is 0 Å². The van der Waals surface area contributed by atoms with E-state index in [0.717, 1.165) is 55.6 Å². The first-order chi connectivity index (χ1) is 11.9. The molecule has 2 aromatic heterocycles. The molecule has 0 spiro atoms. The minimum Gasteiger partial charge on any atom is -0.312 e. The highest BCUT2D eigenvalue weighted by Crippen LogP contribution is 2.17. The van der Waals surface area contributed by atoms with Crippen LogP contribution in [0.25, 0.3) is 11.3 Å². The summed E-state index contributed by atoms with van der Waals surface area (Å²) in [5.74, 6) is 2.03. The standard InChI is InChI=1S/C18H20N6/c1-2-7-21-16(6-1)15-5-3-4-14(10-15)11-20-13-18-23-22-17-12-19-8-9-24(17)18/h1-7,10,19-20H,8-9,11-13H2. The van der Waals surface area contributed by atoms with E-state index in [1.54, 1.807) is 0 Å². The van der Waals surface area contributed by atoms with Gasteiger partial charge in [0.1, 0.15) is 11.6 Å². The molecule has 3 heterocycles. The lowest BCUT2D eigenvalue weighted by Gasteiger charge is -2.16. The van der Waals surface area contributed by atoms with Crippen molar-refractivity contribution < 1.29 is 0 Å². The van der Waals surface area contributed by atoms with Crippen molar-refractivity contribution >= 4 is 0 Å². The Morgan fingerprint density at radius 3 is 3.00 bits per heavy atom. The maximum atomic E-state index is 4.41. The summed E-state index contributed by atoms with van der Waals surface area (Å²) in [6.45, 7) is 4.24. The lowest BCUT2D eigenvalue weighted by molar-refractivity contribution is 0.485. The second kappa shape index (κ2) is 6.90. The van der Waals surface area contributed by atoms with Crippen LogP contribution in [0.5, 0.6) is 0 Å². The van der Waals surface area contributed by atoms with Gasteiger partial charge in [-0.1, -0.05) is 24.3 Å². The second-order valence-electron chi connectivity index (χ2n) is 5.88. The molecule has 3 aromatic rings. The Labute approximate surface area is 141 Å². The zero-order valence-electron chi connectivity index (χ0n) is 13.4. The van der Waals surface area contributed by atoms with Gasteiger partial charge >= 0.3 is 0 Å². The largest absolute Gasteiger partial charge is 0.312 e.